The molecule has 0 saturated heterocycles. The van der Waals surface area contributed by atoms with Crippen LogP contribution in [0.4, 0.5) is 0 Å². The quantitative estimate of drug-likeness (QED) is 0.494. The van der Waals surface area contributed by atoms with Crippen LogP contribution in [0.15, 0.2) is 64.5 Å². The van der Waals surface area contributed by atoms with Crippen LogP contribution in [0.1, 0.15) is 16.1 Å². The number of Topliss-reactive ketones (excluding diaryl/α,β-unsaturated/α-hetero) is 1. The molecule has 0 unspecified atom stereocenters. The van der Waals surface area contributed by atoms with Gasteiger partial charge in [0.05, 0.1) is 10.8 Å². The Labute approximate surface area is 153 Å². The lowest BCUT2D eigenvalue weighted by atomic mass is 10.2. The molecule has 6 heteroatoms. The highest BCUT2D eigenvalue weighted by Crippen LogP contribution is 2.12. The number of carbonyl (C=O) groups is 1. The molecule has 5 nitrogen and oxygen atoms in total. The summed E-state index contributed by atoms with van der Waals surface area (Å²) in [6, 6.07) is 10.6. The first kappa shape index (κ1) is 17.7. The maximum absolute atomic E-state index is 12.4. The second kappa shape index (κ2) is 7.84. The van der Waals surface area contributed by atoms with Crippen LogP contribution in [0, 0.1) is 0 Å². The van der Waals surface area contributed by atoms with Crippen molar-refractivity contribution in [2.45, 2.75) is 0 Å². The third-order valence-corrected chi connectivity index (χ3v) is 4.74. The first-order valence-electron chi connectivity index (χ1n) is 7.89. The van der Waals surface area contributed by atoms with E-state index in [0.717, 1.165) is 11.3 Å². The number of nitrogens with zero attached hydrogens (tertiary/aromatic N) is 1. The number of rotatable bonds is 6. The number of aromatic nitrogens is 1. The van der Waals surface area contributed by atoms with Gasteiger partial charge in [-0.15, -0.1) is 11.3 Å². The lowest BCUT2D eigenvalue weighted by molar-refractivity contribution is 0.103. The fourth-order valence-corrected chi connectivity index (χ4v) is 3.31. The summed E-state index contributed by atoms with van der Waals surface area (Å²) in [6.07, 6.45) is 6.32. The Bertz CT molecular complexity index is 1090. The number of hydrogen-bond donors (Lipinski definition) is 0. The SMILES string of the molecule is C=CCOc1ccc(C=c2sc(=CC(=O)c3ccco3)n(C)c2=O)cc1. The van der Waals surface area contributed by atoms with Crippen LogP contribution in [0.25, 0.3) is 12.2 Å². The molecule has 3 rings (SSSR count). The van der Waals surface area contributed by atoms with Gasteiger partial charge in [-0.2, -0.15) is 0 Å². The Balaban J connectivity index is 1.94. The molecule has 0 radical (unpaired) electrons. The molecular weight excluding hydrogens is 350 g/mol. The van der Waals surface area contributed by atoms with E-state index in [1.807, 2.05) is 24.3 Å². The Morgan fingerprint density at radius 2 is 2.08 bits per heavy atom. The van der Waals surface area contributed by atoms with E-state index in [1.165, 1.54) is 28.2 Å². The highest BCUT2D eigenvalue weighted by Gasteiger charge is 2.07. The minimum absolute atomic E-state index is 0.152. The van der Waals surface area contributed by atoms with E-state index in [9.17, 15) is 9.59 Å². The van der Waals surface area contributed by atoms with Gasteiger partial charge in [0, 0.05) is 13.1 Å². The summed E-state index contributed by atoms with van der Waals surface area (Å²) in [6.45, 7) is 4.05. The van der Waals surface area contributed by atoms with Gasteiger partial charge in [-0.05, 0) is 35.9 Å². The van der Waals surface area contributed by atoms with E-state index in [-0.39, 0.29) is 17.1 Å². The van der Waals surface area contributed by atoms with E-state index in [1.54, 1.807) is 31.3 Å². The average Bonchev–Trinajstić information content (AvgIpc) is 3.27. The number of carbonyl (C=O) groups excluding carboxylic acids is 1. The van der Waals surface area contributed by atoms with Crippen molar-refractivity contribution in [1.82, 2.24) is 4.57 Å². The van der Waals surface area contributed by atoms with Crippen LogP contribution >= 0.6 is 11.3 Å². The second-order valence-electron chi connectivity index (χ2n) is 5.47. The van der Waals surface area contributed by atoms with E-state index < -0.39 is 0 Å². The van der Waals surface area contributed by atoms with Gasteiger partial charge in [0.25, 0.3) is 5.56 Å². The van der Waals surface area contributed by atoms with Crippen molar-refractivity contribution < 1.29 is 13.9 Å². The lowest BCUT2D eigenvalue weighted by Crippen LogP contribution is -2.29. The minimum atomic E-state index is -0.276. The molecule has 0 N–H and O–H groups in total. The number of ether oxygens (including phenoxy) is 1. The molecule has 0 spiro atoms. The maximum Gasteiger partial charge on any atom is 0.268 e. The van der Waals surface area contributed by atoms with Gasteiger partial charge >= 0.3 is 0 Å². The molecule has 0 bridgehead atoms. The molecule has 26 heavy (non-hydrogen) atoms. The lowest BCUT2D eigenvalue weighted by Gasteiger charge is -2.02. The smallest absolute Gasteiger partial charge is 0.268 e. The third-order valence-electron chi connectivity index (χ3n) is 3.62. The first-order chi connectivity index (χ1) is 12.6. The predicted octanol–water partition coefficient (Wildman–Crippen LogP) is 2.10. The number of hydrogen-bond acceptors (Lipinski definition) is 5. The highest BCUT2D eigenvalue weighted by atomic mass is 32.1. The van der Waals surface area contributed by atoms with Crippen LogP contribution in [0.5, 0.6) is 5.75 Å². The fraction of sp³-hybridized carbons (Fsp3) is 0.100. The van der Waals surface area contributed by atoms with Crippen molar-refractivity contribution in [3.8, 4) is 5.75 Å². The molecule has 1 aromatic carbocycles. The predicted molar refractivity (Wildman–Crippen MR) is 102 cm³/mol. The molecule has 3 aromatic rings. The fourth-order valence-electron chi connectivity index (χ4n) is 2.28. The molecular formula is C20H17NO4S. The zero-order valence-corrected chi connectivity index (χ0v) is 15.0. The minimum Gasteiger partial charge on any atom is -0.490 e. The number of furan rings is 1. The van der Waals surface area contributed by atoms with Gasteiger partial charge in [0.15, 0.2) is 5.76 Å². The molecule has 2 heterocycles. The van der Waals surface area contributed by atoms with Crippen molar-refractivity contribution in [1.29, 1.82) is 0 Å². The van der Waals surface area contributed by atoms with E-state index in [0.29, 0.717) is 15.8 Å². The van der Waals surface area contributed by atoms with Crippen molar-refractivity contribution >= 4 is 29.3 Å². The number of ketones is 1. The average molecular weight is 367 g/mol. The Hall–Kier alpha value is -3.12. The van der Waals surface area contributed by atoms with E-state index >= 15 is 0 Å². The van der Waals surface area contributed by atoms with Gasteiger partial charge < -0.3 is 13.7 Å². The normalized spacial score (nSPS) is 12.3. The molecule has 2 aromatic heterocycles. The molecule has 0 fully saturated rings. The van der Waals surface area contributed by atoms with Gasteiger partial charge in [0.2, 0.25) is 5.78 Å². The van der Waals surface area contributed by atoms with E-state index in [4.69, 9.17) is 9.15 Å². The zero-order chi connectivity index (χ0) is 18.5. The van der Waals surface area contributed by atoms with Crippen LogP contribution in [0.2, 0.25) is 0 Å². The molecule has 0 amide bonds. The van der Waals surface area contributed by atoms with Crippen LogP contribution < -0.4 is 19.5 Å². The molecule has 0 aliphatic heterocycles. The van der Waals surface area contributed by atoms with Crippen molar-refractivity contribution in [3.05, 3.63) is 86.2 Å². The summed E-state index contributed by atoms with van der Waals surface area (Å²) >= 11 is 1.26. The highest BCUT2D eigenvalue weighted by molar-refractivity contribution is 7.07. The summed E-state index contributed by atoms with van der Waals surface area (Å²) in [7, 11) is 1.64. The maximum atomic E-state index is 12.4. The van der Waals surface area contributed by atoms with Crippen LogP contribution in [-0.4, -0.2) is 17.0 Å². The first-order valence-corrected chi connectivity index (χ1v) is 8.71. The Kier molecular flexibility index (Phi) is 5.34. The van der Waals surface area contributed by atoms with E-state index in [2.05, 4.69) is 6.58 Å². The van der Waals surface area contributed by atoms with Gasteiger partial charge in [-0.1, -0.05) is 24.8 Å². The molecule has 0 aliphatic carbocycles. The summed E-state index contributed by atoms with van der Waals surface area (Å²) in [5.41, 5.74) is 0.722. The summed E-state index contributed by atoms with van der Waals surface area (Å²) in [4.78, 5) is 24.6. The van der Waals surface area contributed by atoms with Crippen LogP contribution in [-0.2, 0) is 7.05 Å². The largest absolute Gasteiger partial charge is 0.490 e. The Morgan fingerprint density at radius 3 is 2.73 bits per heavy atom. The zero-order valence-electron chi connectivity index (χ0n) is 14.2. The van der Waals surface area contributed by atoms with Crippen molar-refractivity contribution in [3.63, 3.8) is 0 Å². The van der Waals surface area contributed by atoms with Gasteiger partial charge in [-0.3, -0.25) is 9.59 Å². The standard InChI is InChI=1S/C20H17NO4S/c1-3-10-24-15-8-6-14(7-9-15)12-18-20(23)21(2)19(26-18)13-16(22)17-5-4-11-25-17/h3-9,11-13H,1,10H2,2H3. The Morgan fingerprint density at radius 1 is 1.31 bits per heavy atom. The number of thiazole rings is 1. The summed E-state index contributed by atoms with van der Waals surface area (Å²) < 4.78 is 13.1. The molecule has 0 atom stereocenters. The third kappa shape index (κ3) is 3.92. The summed E-state index contributed by atoms with van der Waals surface area (Å²) in [5.74, 6) is 0.702. The number of benzene rings is 1. The van der Waals surface area contributed by atoms with Crippen molar-refractivity contribution in [2.75, 3.05) is 6.61 Å². The second-order valence-corrected chi connectivity index (χ2v) is 6.53. The molecule has 132 valence electrons. The summed E-state index contributed by atoms with van der Waals surface area (Å²) in [5, 5.41) is 0. The van der Waals surface area contributed by atoms with Gasteiger partial charge in [0.1, 0.15) is 17.0 Å². The molecule has 0 saturated carbocycles. The van der Waals surface area contributed by atoms with Crippen molar-refractivity contribution in [2.24, 2.45) is 7.05 Å². The van der Waals surface area contributed by atoms with Gasteiger partial charge in [-0.25, -0.2) is 0 Å². The van der Waals surface area contributed by atoms with Crippen LogP contribution in [0.3, 0.4) is 0 Å². The molecule has 0 aliphatic rings. The monoisotopic (exact) mass is 367 g/mol. The topological polar surface area (TPSA) is 61.4 Å².